The first-order valence-corrected chi connectivity index (χ1v) is 6.85. The molecule has 92 valence electrons. The van der Waals surface area contributed by atoms with Crippen LogP contribution >= 0.6 is 0 Å². The van der Waals surface area contributed by atoms with Gasteiger partial charge in [0.2, 0.25) is 0 Å². The number of hydrogen-bond acceptors (Lipinski definition) is 2. The molecule has 2 fully saturated rings. The van der Waals surface area contributed by atoms with Crippen LogP contribution in [-0.4, -0.2) is 24.0 Å². The van der Waals surface area contributed by atoms with Crippen molar-refractivity contribution in [1.82, 2.24) is 4.90 Å². The zero-order valence-corrected chi connectivity index (χ0v) is 10.4. The van der Waals surface area contributed by atoms with Crippen molar-refractivity contribution in [2.45, 2.75) is 31.8 Å². The van der Waals surface area contributed by atoms with Crippen LogP contribution in [0, 0.1) is 11.8 Å². The van der Waals surface area contributed by atoms with Gasteiger partial charge in [-0.3, -0.25) is 4.90 Å². The number of nitrogens with zero attached hydrogens (tertiary/aromatic N) is 1. The summed E-state index contributed by atoms with van der Waals surface area (Å²) in [5, 5.41) is 0. The minimum atomic E-state index is 0.468. The van der Waals surface area contributed by atoms with Gasteiger partial charge >= 0.3 is 0 Å². The van der Waals surface area contributed by atoms with Gasteiger partial charge in [0.25, 0.3) is 0 Å². The molecule has 3 atom stereocenters. The molecule has 3 unspecified atom stereocenters. The fraction of sp³-hybridized carbons (Fsp3) is 0.600. The van der Waals surface area contributed by atoms with Crippen molar-refractivity contribution in [3.05, 3.63) is 35.9 Å². The summed E-state index contributed by atoms with van der Waals surface area (Å²) >= 11 is 0. The molecule has 1 heterocycles. The summed E-state index contributed by atoms with van der Waals surface area (Å²) < 4.78 is 0. The monoisotopic (exact) mass is 230 g/mol. The van der Waals surface area contributed by atoms with Crippen molar-refractivity contribution in [3.8, 4) is 0 Å². The van der Waals surface area contributed by atoms with E-state index in [1.165, 1.54) is 37.9 Å². The molecule has 2 N–H and O–H groups in total. The van der Waals surface area contributed by atoms with Gasteiger partial charge in [0.1, 0.15) is 0 Å². The minimum absolute atomic E-state index is 0.468. The highest BCUT2D eigenvalue weighted by Crippen LogP contribution is 2.35. The second kappa shape index (κ2) is 4.79. The van der Waals surface area contributed by atoms with E-state index in [9.17, 15) is 0 Å². The number of nitrogens with two attached hydrogens (primary N) is 1. The lowest BCUT2D eigenvalue weighted by Gasteiger charge is -2.24. The molecule has 1 aromatic rings. The fourth-order valence-electron chi connectivity index (χ4n) is 3.50. The van der Waals surface area contributed by atoms with Crippen LogP contribution in [-0.2, 0) is 6.54 Å². The molecule has 2 nitrogen and oxygen atoms in total. The Balaban J connectivity index is 1.66. The van der Waals surface area contributed by atoms with Gasteiger partial charge in [-0.2, -0.15) is 0 Å². The average molecular weight is 230 g/mol. The van der Waals surface area contributed by atoms with E-state index in [4.69, 9.17) is 5.73 Å². The number of hydrogen-bond donors (Lipinski definition) is 1. The van der Waals surface area contributed by atoms with E-state index in [1.54, 1.807) is 0 Å². The molecule has 2 heteroatoms. The Morgan fingerprint density at radius 2 is 1.82 bits per heavy atom. The molecule has 1 saturated carbocycles. The summed E-state index contributed by atoms with van der Waals surface area (Å²) in [6.45, 7) is 3.52. The molecule has 0 radical (unpaired) electrons. The van der Waals surface area contributed by atoms with Crippen molar-refractivity contribution < 1.29 is 0 Å². The van der Waals surface area contributed by atoms with Crippen LogP contribution in [0.25, 0.3) is 0 Å². The smallest absolute Gasteiger partial charge is 0.0233 e. The quantitative estimate of drug-likeness (QED) is 0.844. The molecular weight excluding hydrogens is 208 g/mol. The van der Waals surface area contributed by atoms with Gasteiger partial charge < -0.3 is 5.73 Å². The summed E-state index contributed by atoms with van der Waals surface area (Å²) in [4.78, 5) is 2.60. The third-order valence-corrected chi connectivity index (χ3v) is 4.55. The zero-order valence-electron chi connectivity index (χ0n) is 10.4. The molecule has 17 heavy (non-hydrogen) atoms. The SMILES string of the molecule is NC1C2CCC1CN(Cc1ccccc1)CC2. The first-order valence-electron chi connectivity index (χ1n) is 6.85. The van der Waals surface area contributed by atoms with Gasteiger partial charge in [0.15, 0.2) is 0 Å². The fourth-order valence-corrected chi connectivity index (χ4v) is 3.50. The van der Waals surface area contributed by atoms with Crippen molar-refractivity contribution in [2.75, 3.05) is 13.1 Å². The Bertz CT molecular complexity index is 362. The first kappa shape index (κ1) is 11.2. The lowest BCUT2D eigenvalue weighted by Crippen LogP contribution is -2.34. The highest BCUT2D eigenvalue weighted by Gasteiger charge is 2.36. The maximum absolute atomic E-state index is 6.31. The zero-order chi connectivity index (χ0) is 11.7. The summed E-state index contributed by atoms with van der Waals surface area (Å²) in [5.74, 6) is 1.53. The maximum atomic E-state index is 6.31. The van der Waals surface area contributed by atoms with Crippen molar-refractivity contribution in [2.24, 2.45) is 17.6 Å². The number of rotatable bonds is 2. The van der Waals surface area contributed by atoms with Crippen molar-refractivity contribution >= 4 is 0 Å². The molecule has 0 amide bonds. The van der Waals surface area contributed by atoms with Gasteiger partial charge in [0.05, 0.1) is 0 Å². The van der Waals surface area contributed by atoms with Crippen LogP contribution < -0.4 is 5.73 Å². The largest absolute Gasteiger partial charge is 0.327 e. The normalized spacial score (nSPS) is 33.6. The van der Waals surface area contributed by atoms with E-state index in [0.717, 1.165) is 18.4 Å². The van der Waals surface area contributed by atoms with E-state index < -0.39 is 0 Å². The summed E-state index contributed by atoms with van der Waals surface area (Å²) in [6, 6.07) is 11.3. The highest BCUT2D eigenvalue weighted by atomic mass is 15.1. The van der Waals surface area contributed by atoms with E-state index in [0.29, 0.717) is 6.04 Å². The summed E-state index contributed by atoms with van der Waals surface area (Å²) in [5.41, 5.74) is 7.74. The summed E-state index contributed by atoms with van der Waals surface area (Å²) in [7, 11) is 0. The predicted octanol–water partition coefficient (Wildman–Crippen LogP) is 2.25. The van der Waals surface area contributed by atoms with Crippen LogP contribution in [0.3, 0.4) is 0 Å². The van der Waals surface area contributed by atoms with Gasteiger partial charge in [-0.25, -0.2) is 0 Å². The molecule has 0 aromatic heterocycles. The van der Waals surface area contributed by atoms with Gasteiger partial charge in [-0.15, -0.1) is 0 Å². The molecule has 1 saturated heterocycles. The number of likely N-dealkylation sites (tertiary alicyclic amines) is 1. The number of fused-ring (bicyclic) bond motifs is 2. The average Bonchev–Trinajstić information content (AvgIpc) is 2.59. The molecule has 2 aliphatic rings. The highest BCUT2D eigenvalue weighted by molar-refractivity contribution is 5.14. The molecule has 1 aromatic carbocycles. The van der Waals surface area contributed by atoms with Gasteiger partial charge in [-0.1, -0.05) is 30.3 Å². The Morgan fingerprint density at radius 1 is 1.06 bits per heavy atom. The second-order valence-electron chi connectivity index (χ2n) is 5.68. The Kier molecular flexibility index (Phi) is 3.17. The lowest BCUT2D eigenvalue weighted by atomic mass is 9.98. The Morgan fingerprint density at radius 3 is 2.65 bits per heavy atom. The van der Waals surface area contributed by atoms with E-state index in [-0.39, 0.29) is 0 Å². The van der Waals surface area contributed by atoms with E-state index >= 15 is 0 Å². The Hall–Kier alpha value is -0.860. The summed E-state index contributed by atoms with van der Waals surface area (Å²) in [6.07, 6.45) is 4.01. The lowest BCUT2D eigenvalue weighted by molar-refractivity contribution is 0.227. The van der Waals surface area contributed by atoms with E-state index in [2.05, 4.69) is 35.2 Å². The Labute approximate surface area is 104 Å². The molecule has 2 bridgehead atoms. The van der Waals surface area contributed by atoms with Crippen LogP contribution in [0.5, 0.6) is 0 Å². The minimum Gasteiger partial charge on any atom is -0.327 e. The van der Waals surface area contributed by atoms with Crippen LogP contribution in [0.15, 0.2) is 30.3 Å². The van der Waals surface area contributed by atoms with Crippen LogP contribution in [0.1, 0.15) is 24.8 Å². The van der Waals surface area contributed by atoms with Gasteiger partial charge in [0, 0.05) is 19.1 Å². The third-order valence-electron chi connectivity index (χ3n) is 4.55. The third kappa shape index (κ3) is 2.38. The molecule has 1 aliphatic carbocycles. The van der Waals surface area contributed by atoms with Crippen LogP contribution in [0.2, 0.25) is 0 Å². The number of benzene rings is 1. The molecule has 1 aliphatic heterocycles. The van der Waals surface area contributed by atoms with Gasteiger partial charge in [-0.05, 0) is 43.2 Å². The van der Waals surface area contributed by atoms with E-state index in [1.807, 2.05) is 0 Å². The predicted molar refractivity (Wildman–Crippen MR) is 70.5 cm³/mol. The second-order valence-corrected chi connectivity index (χ2v) is 5.68. The topological polar surface area (TPSA) is 29.3 Å². The molecule has 3 rings (SSSR count). The van der Waals surface area contributed by atoms with Crippen LogP contribution in [0.4, 0.5) is 0 Å². The standard InChI is InChI=1S/C15H22N2/c16-15-13-6-7-14(15)11-17(9-8-13)10-12-4-2-1-3-5-12/h1-5,13-15H,6-11,16H2. The maximum Gasteiger partial charge on any atom is 0.0233 e. The molecule has 0 spiro atoms. The van der Waals surface area contributed by atoms with Crippen molar-refractivity contribution in [1.29, 1.82) is 0 Å². The first-order chi connectivity index (χ1) is 8.33. The molecular formula is C15H22N2. The van der Waals surface area contributed by atoms with Crippen molar-refractivity contribution in [3.63, 3.8) is 0 Å².